The van der Waals surface area contributed by atoms with Crippen molar-refractivity contribution in [1.82, 2.24) is 5.32 Å². The van der Waals surface area contributed by atoms with Gasteiger partial charge in [-0.05, 0) is 49.6 Å². The fraction of sp³-hybridized carbons (Fsp3) is 0.350. The smallest absolute Gasteiger partial charge is 0.241 e. The monoisotopic (exact) mass is 442 g/mol. The van der Waals surface area contributed by atoms with Crippen LogP contribution in [0, 0.1) is 13.8 Å². The molecule has 0 fully saturated rings. The molecule has 2 rings (SSSR count). The van der Waals surface area contributed by atoms with Crippen LogP contribution < -0.4 is 9.62 Å². The standard InChI is InChI=1S/C20H24Cl2N2O3S/c1-5-18(16-8-6-13(2)10-14(16)3)23-20(25)12-24(28(4,26)27)19-9-7-15(21)11-17(19)22/h6-11,18H,5,12H2,1-4H3,(H,23,25). The summed E-state index contributed by atoms with van der Waals surface area (Å²) in [6.45, 7) is 5.60. The minimum atomic E-state index is -3.72. The van der Waals surface area contributed by atoms with Crippen LogP contribution in [0.4, 0.5) is 5.69 Å². The fourth-order valence-electron chi connectivity index (χ4n) is 3.05. The molecule has 0 aliphatic heterocycles. The zero-order chi connectivity index (χ0) is 21.1. The lowest BCUT2D eigenvalue weighted by Crippen LogP contribution is -2.41. The fourth-order valence-corrected chi connectivity index (χ4v) is 4.48. The van der Waals surface area contributed by atoms with Gasteiger partial charge in [0, 0.05) is 5.02 Å². The first-order chi connectivity index (χ1) is 13.0. The summed E-state index contributed by atoms with van der Waals surface area (Å²) >= 11 is 12.0. The lowest BCUT2D eigenvalue weighted by atomic mass is 9.97. The van der Waals surface area contributed by atoms with E-state index in [0.717, 1.165) is 27.3 Å². The van der Waals surface area contributed by atoms with Crippen LogP contribution in [0.5, 0.6) is 0 Å². The number of anilines is 1. The zero-order valence-corrected chi connectivity index (χ0v) is 18.6. The zero-order valence-electron chi connectivity index (χ0n) is 16.3. The molecule has 1 N–H and O–H groups in total. The highest BCUT2D eigenvalue weighted by molar-refractivity contribution is 7.92. The summed E-state index contributed by atoms with van der Waals surface area (Å²) < 4.78 is 25.5. The molecule has 28 heavy (non-hydrogen) atoms. The molecule has 0 bridgehead atoms. The summed E-state index contributed by atoms with van der Waals surface area (Å²) in [6, 6.07) is 10.3. The Labute approximate surface area is 176 Å². The number of carbonyl (C=O) groups excluding carboxylic acids is 1. The quantitative estimate of drug-likeness (QED) is 0.678. The van der Waals surface area contributed by atoms with Crippen molar-refractivity contribution < 1.29 is 13.2 Å². The Morgan fingerprint density at radius 3 is 2.36 bits per heavy atom. The molecule has 2 aromatic carbocycles. The van der Waals surface area contributed by atoms with Crippen molar-refractivity contribution in [3.05, 3.63) is 63.1 Å². The molecule has 0 saturated carbocycles. The number of benzene rings is 2. The minimum Gasteiger partial charge on any atom is -0.348 e. The van der Waals surface area contributed by atoms with Gasteiger partial charge >= 0.3 is 0 Å². The minimum absolute atomic E-state index is 0.159. The summed E-state index contributed by atoms with van der Waals surface area (Å²) in [4.78, 5) is 12.7. The highest BCUT2D eigenvalue weighted by atomic mass is 35.5. The number of amides is 1. The summed E-state index contributed by atoms with van der Waals surface area (Å²) in [7, 11) is -3.72. The van der Waals surface area contributed by atoms with E-state index in [1.165, 1.54) is 18.2 Å². The van der Waals surface area contributed by atoms with Crippen LogP contribution in [0.3, 0.4) is 0 Å². The molecule has 0 spiro atoms. The van der Waals surface area contributed by atoms with Crippen LogP contribution >= 0.6 is 23.2 Å². The van der Waals surface area contributed by atoms with E-state index in [-0.39, 0.29) is 23.3 Å². The highest BCUT2D eigenvalue weighted by Gasteiger charge is 2.24. The molecule has 1 unspecified atom stereocenters. The predicted molar refractivity (Wildman–Crippen MR) is 116 cm³/mol. The first kappa shape index (κ1) is 22.5. The van der Waals surface area contributed by atoms with E-state index in [1.54, 1.807) is 0 Å². The van der Waals surface area contributed by atoms with Crippen molar-refractivity contribution in [2.75, 3.05) is 17.1 Å². The van der Waals surface area contributed by atoms with Gasteiger partial charge in [0.1, 0.15) is 6.54 Å². The molecule has 0 aromatic heterocycles. The van der Waals surface area contributed by atoms with Crippen molar-refractivity contribution in [2.24, 2.45) is 0 Å². The van der Waals surface area contributed by atoms with Crippen LogP contribution in [0.1, 0.15) is 36.1 Å². The molecular weight excluding hydrogens is 419 g/mol. The Morgan fingerprint density at radius 1 is 1.14 bits per heavy atom. The Morgan fingerprint density at radius 2 is 1.82 bits per heavy atom. The van der Waals surface area contributed by atoms with Gasteiger partial charge in [-0.25, -0.2) is 8.42 Å². The lowest BCUT2D eigenvalue weighted by molar-refractivity contribution is -0.120. The molecular formula is C20H24Cl2N2O3S. The average molecular weight is 443 g/mol. The number of nitrogens with one attached hydrogen (secondary N) is 1. The first-order valence-electron chi connectivity index (χ1n) is 8.82. The van der Waals surface area contributed by atoms with Crippen molar-refractivity contribution >= 4 is 44.8 Å². The van der Waals surface area contributed by atoms with Gasteiger partial charge in [-0.1, -0.05) is 53.9 Å². The largest absolute Gasteiger partial charge is 0.348 e. The summed E-state index contributed by atoms with van der Waals surface area (Å²) in [5, 5.41) is 3.47. The summed E-state index contributed by atoms with van der Waals surface area (Å²) in [5.41, 5.74) is 3.44. The third-order valence-electron chi connectivity index (χ3n) is 4.41. The number of halogens is 2. The average Bonchev–Trinajstić information content (AvgIpc) is 2.58. The molecule has 1 amide bonds. The van der Waals surface area contributed by atoms with Crippen LogP contribution in [-0.2, 0) is 14.8 Å². The molecule has 2 aromatic rings. The predicted octanol–water partition coefficient (Wildman–Crippen LogP) is 4.64. The van der Waals surface area contributed by atoms with E-state index in [2.05, 4.69) is 11.4 Å². The lowest BCUT2D eigenvalue weighted by Gasteiger charge is -2.25. The van der Waals surface area contributed by atoms with Gasteiger partial charge in [-0.15, -0.1) is 0 Å². The highest BCUT2D eigenvalue weighted by Crippen LogP contribution is 2.30. The number of nitrogens with zero attached hydrogens (tertiary/aromatic N) is 1. The van der Waals surface area contributed by atoms with Gasteiger partial charge in [-0.3, -0.25) is 9.10 Å². The molecule has 0 radical (unpaired) electrons. The third kappa shape index (κ3) is 5.63. The van der Waals surface area contributed by atoms with E-state index in [4.69, 9.17) is 23.2 Å². The Balaban J connectivity index is 2.26. The normalized spacial score (nSPS) is 12.5. The van der Waals surface area contributed by atoms with Gasteiger partial charge < -0.3 is 5.32 Å². The Hall–Kier alpha value is -1.76. The molecule has 152 valence electrons. The first-order valence-corrected chi connectivity index (χ1v) is 11.4. The molecule has 8 heteroatoms. The van der Waals surface area contributed by atoms with Gasteiger partial charge in [-0.2, -0.15) is 0 Å². The van der Waals surface area contributed by atoms with Gasteiger partial charge in [0.25, 0.3) is 0 Å². The topological polar surface area (TPSA) is 66.5 Å². The molecule has 0 aliphatic carbocycles. The van der Waals surface area contributed by atoms with E-state index < -0.39 is 15.9 Å². The van der Waals surface area contributed by atoms with Crippen molar-refractivity contribution in [3.63, 3.8) is 0 Å². The van der Waals surface area contributed by atoms with E-state index in [0.29, 0.717) is 11.4 Å². The van der Waals surface area contributed by atoms with Crippen molar-refractivity contribution in [2.45, 2.75) is 33.2 Å². The number of aryl methyl sites for hydroxylation is 2. The third-order valence-corrected chi connectivity index (χ3v) is 6.07. The second-order valence-electron chi connectivity index (χ2n) is 6.75. The van der Waals surface area contributed by atoms with Crippen LogP contribution in [0.25, 0.3) is 0 Å². The van der Waals surface area contributed by atoms with E-state index >= 15 is 0 Å². The second-order valence-corrected chi connectivity index (χ2v) is 9.50. The second kappa shape index (κ2) is 9.16. The van der Waals surface area contributed by atoms with Crippen molar-refractivity contribution in [1.29, 1.82) is 0 Å². The maximum atomic E-state index is 12.7. The molecule has 5 nitrogen and oxygen atoms in total. The molecule has 0 aliphatic rings. The summed E-state index contributed by atoms with van der Waals surface area (Å²) in [6.07, 6.45) is 1.71. The molecule has 0 saturated heterocycles. The maximum absolute atomic E-state index is 12.7. The number of hydrogen-bond donors (Lipinski definition) is 1. The number of rotatable bonds is 7. The van der Waals surface area contributed by atoms with Gasteiger partial charge in [0.15, 0.2) is 0 Å². The number of carbonyl (C=O) groups is 1. The Kier molecular flexibility index (Phi) is 7.37. The molecule has 0 heterocycles. The van der Waals surface area contributed by atoms with Gasteiger partial charge in [0.2, 0.25) is 15.9 Å². The maximum Gasteiger partial charge on any atom is 0.241 e. The number of sulfonamides is 1. The van der Waals surface area contributed by atoms with Crippen molar-refractivity contribution in [3.8, 4) is 0 Å². The van der Waals surface area contributed by atoms with Crippen LogP contribution in [0.15, 0.2) is 36.4 Å². The molecule has 1 atom stereocenters. The van der Waals surface area contributed by atoms with E-state index in [1.807, 2.05) is 32.9 Å². The van der Waals surface area contributed by atoms with Crippen LogP contribution in [0.2, 0.25) is 10.0 Å². The summed E-state index contributed by atoms with van der Waals surface area (Å²) in [5.74, 6) is -0.414. The Bertz CT molecular complexity index is 977. The van der Waals surface area contributed by atoms with Crippen LogP contribution in [-0.4, -0.2) is 27.1 Å². The number of hydrogen-bond acceptors (Lipinski definition) is 3. The van der Waals surface area contributed by atoms with Gasteiger partial charge in [0.05, 0.1) is 23.0 Å². The van der Waals surface area contributed by atoms with E-state index in [9.17, 15) is 13.2 Å². The SMILES string of the molecule is CCC(NC(=O)CN(c1ccc(Cl)cc1Cl)S(C)(=O)=O)c1ccc(C)cc1C.